The van der Waals surface area contributed by atoms with Crippen LogP contribution in [0.25, 0.3) is 0 Å². The summed E-state index contributed by atoms with van der Waals surface area (Å²) in [6.45, 7) is 3.07. The highest BCUT2D eigenvalue weighted by atomic mass is 79.9. The van der Waals surface area contributed by atoms with Gasteiger partial charge in [0.25, 0.3) is 0 Å². The van der Waals surface area contributed by atoms with E-state index >= 15 is 0 Å². The van der Waals surface area contributed by atoms with E-state index in [9.17, 15) is 4.79 Å². The molecule has 0 N–H and O–H groups in total. The molecule has 15 heavy (non-hydrogen) atoms. The summed E-state index contributed by atoms with van der Waals surface area (Å²) in [5.74, 6) is 0.130. The van der Waals surface area contributed by atoms with E-state index in [0.29, 0.717) is 18.5 Å². The number of rotatable bonds is 8. The Labute approximate surface area is 101 Å². The van der Waals surface area contributed by atoms with Gasteiger partial charge in [0.15, 0.2) is 0 Å². The molecule has 5 heteroatoms. The lowest BCUT2D eigenvalue weighted by molar-refractivity contribution is -0.129. The molecular weight excluding hydrogens is 260 g/mol. The van der Waals surface area contributed by atoms with E-state index in [1.54, 1.807) is 7.11 Å². The van der Waals surface area contributed by atoms with Crippen LogP contribution in [0.5, 0.6) is 0 Å². The first-order valence-electron chi connectivity index (χ1n) is 5.09. The summed E-state index contributed by atoms with van der Waals surface area (Å²) >= 11 is 3.19. The molecule has 1 amide bonds. The molecular formula is C10H21BrN2O2. The number of halogens is 1. The Hall–Kier alpha value is -0.130. The number of alkyl halides is 1. The average Bonchev–Trinajstić information content (AvgIpc) is 2.21. The second-order valence-electron chi connectivity index (χ2n) is 3.66. The topological polar surface area (TPSA) is 32.8 Å². The monoisotopic (exact) mass is 280 g/mol. The van der Waals surface area contributed by atoms with Crippen LogP contribution in [0.4, 0.5) is 0 Å². The van der Waals surface area contributed by atoms with E-state index < -0.39 is 0 Å². The SMILES string of the molecule is COCCN(CCCN(C)C)C(=O)CBr. The number of carbonyl (C=O) groups excluding carboxylic acids is 1. The Bertz CT molecular complexity index is 177. The molecule has 0 aromatic heterocycles. The van der Waals surface area contributed by atoms with Crippen molar-refractivity contribution in [1.82, 2.24) is 9.80 Å². The van der Waals surface area contributed by atoms with Gasteiger partial charge in [-0.15, -0.1) is 0 Å². The van der Waals surface area contributed by atoms with Gasteiger partial charge in [-0.3, -0.25) is 4.79 Å². The minimum Gasteiger partial charge on any atom is -0.383 e. The van der Waals surface area contributed by atoms with Gasteiger partial charge in [-0.1, -0.05) is 15.9 Å². The van der Waals surface area contributed by atoms with Crippen molar-refractivity contribution in [3.63, 3.8) is 0 Å². The third-order valence-electron chi connectivity index (χ3n) is 2.07. The first-order chi connectivity index (χ1) is 7.11. The molecule has 0 atom stereocenters. The average molecular weight is 281 g/mol. The maximum Gasteiger partial charge on any atom is 0.233 e. The number of amides is 1. The summed E-state index contributed by atoms with van der Waals surface area (Å²) < 4.78 is 4.97. The third kappa shape index (κ3) is 7.76. The van der Waals surface area contributed by atoms with E-state index in [2.05, 4.69) is 20.8 Å². The second-order valence-corrected chi connectivity index (χ2v) is 4.22. The molecule has 0 aliphatic carbocycles. The van der Waals surface area contributed by atoms with Gasteiger partial charge < -0.3 is 14.5 Å². The molecule has 0 aromatic rings. The summed E-state index contributed by atoms with van der Waals surface area (Å²) in [6, 6.07) is 0. The number of nitrogens with zero attached hydrogens (tertiary/aromatic N) is 2. The van der Waals surface area contributed by atoms with E-state index in [1.807, 2.05) is 19.0 Å². The quantitative estimate of drug-likeness (QED) is 0.617. The Morgan fingerprint density at radius 2 is 1.93 bits per heavy atom. The van der Waals surface area contributed by atoms with Crippen molar-refractivity contribution in [1.29, 1.82) is 0 Å². The van der Waals surface area contributed by atoms with Gasteiger partial charge in [-0.25, -0.2) is 0 Å². The Morgan fingerprint density at radius 1 is 1.27 bits per heavy atom. The molecule has 0 aromatic carbocycles. The third-order valence-corrected chi connectivity index (χ3v) is 2.55. The maximum atomic E-state index is 11.5. The number of ether oxygens (including phenoxy) is 1. The summed E-state index contributed by atoms with van der Waals surface area (Å²) in [5, 5.41) is 0.388. The molecule has 0 fully saturated rings. The first kappa shape index (κ1) is 14.9. The molecule has 0 rings (SSSR count). The fourth-order valence-corrected chi connectivity index (χ4v) is 1.58. The molecule has 0 bridgehead atoms. The van der Waals surface area contributed by atoms with E-state index in [1.165, 1.54) is 0 Å². The van der Waals surface area contributed by atoms with Crippen LogP contribution in [0.1, 0.15) is 6.42 Å². The van der Waals surface area contributed by atoms with Crippen LogP contribution < -0.4 is 0 Å². The van der Waals surface area contributed by atoms with Crippen molar-refractivity contribution in [2.45, 2.75) is 6.42 Å². The smallest absolute Gasteiger partial charge is 0.233 e. The van der Waals surface area contributed by atoms with Gasteiger partial charge in [-0.2, -0.15) is 0 Å². The lowest BCUT2D eigenvalue weighted by Gasteiger charge is -2.22. The van der Waals surface area contributed by atoms with Crippen LogP contribution in [-0.4, -0.2) is 68.5 Å². The van der Waals surface area contributed by atoms with Gasteiger partial charge in [0.05, 0.1) is 11.9 Å². The van der Waals surface area contributed by atoms with Gasteiger partial charge in [0.2, 0.25) is 5.91 Å². The number of carbonyl (C=O) groups is 1. The Balaban J connectivity index is 3.84. The van der Waals surface area contributed by atoms with Crippen LogP contribution in [0.3, 0.4) is 0 Å². The van der Waals surface area contributed by atoms with Gasteiger partial charge in [0, 0.05) is 20.2 Å². The van der Waals surface area contributed by atoms with Crippen LogP contribution in [0.2, 0.25) is 0 Å². The largest absolute Gasteiger partial charge is 0.383 e. The van der Waals surface area contributed by atoms with Crippen molar-refractivity contribution < 1.29 is 9.53 Å². The predicted molar refractivity (Wildman–Crippen MR) is 65.4 cm³/mol. The minimum absolute atomic E-state index is 0.130. The number of methoxy groups -OCH3 is 1. The first-order valence-corrected chi connectivity index (χ1v) is 6.21. The summed E-state index contributed by atoms with van der Waals surface area (Å²) in [6.07, 6.45) is 0.995. The van der Waals surface area contributed by atoms with Gasteiger partial charge in [0.1, 0.15) is 0 Å². The lowest BCUT2D eigenvalue weighted by atomic mass is 10.3. The summed E-state index contributed by atoms with van der Waals surface area (Å²) in [5.41, 5.74) is 0. The molecule has 0 unspecified atom stereocenters. The number of hydrogen-bond donors (Lipinski definition) is 0. The van der Waals surface area contributed by atoms with E-state index in [-0.39, 0.29) is 5.91 Å². The molecule has 0 saturated heterocycles. The van der Waals surface area contributed by atoms with Crippen LogP contribution in [0.15, 0.2) is 0 Å². The highest BCUT2D eigenvalue weighted by Crippen LogP contribution is 1.97. The van der Waals surface area contributed by atoms with Crippen LogP contribution in [-0.2, 0) is 9.53 Å². The zero-order chi connectivity index (χ0) is 11.7. The molecule has 0 radical (unpaired) electrons. The lowest BCUT2D eigenvalue weighted by Crippen LogP contribution is -2.36. The Kier molecular flexibility index (Phi) is 9.04. The van der Waals surface area contributed by atoms with Crippen molar-refractivity contribution in [3.8, 4) is 0 Å². The zero-order valence-corrected chi connectivity index (χ0v) is 11.4. The fourth-order valence-electron chi connectivity index (χ4n) is 1.22. The van der Waals surface area contributed by atoms with Crippen molar-refractivity contribution in [3.05, 3.63) is 0 Å². The molecule has 0 saturated carbocycles. The molecule has 4 nitrogen and oxygen atoms in total. The zero-order valence-electron chi connectivity index (χ0n) is 9.83. The molecule has 90 valence electrons. The standard InChI is InChI=1S/C10H21BrN2O2/c1-12(2)5-4-6-13(7-8-15-3)10(14)9-11/h4-9H2,1-3H3. The minimum atomic E-state index is 0.130. The fraction of sp³-hybridized carbons (Fsp3) is 0.900. The van der Waals surface area contributed by atoms with Crippen LogP contribution >= 0.6 is 15.9 Å². The van der Waals surface area contributed by atoms with Crippen LogP contribution in [0, 0.1) is 0 Å². The van der Waals surface area contributed by atoms with Crippen molar-refractivity contribution in [2.24, 2.45) is 0 Å². The normalized spacial score (nSPS) is 10.7. The second kappa shape index (κ2) is 9.12. The maximum absolute atomic E-state index is 11.5. The summed E-state index contributed by atoms with van der Waals surface area (Å²) in [4.78, 5) is 15.5. The van der Waals surface area contributed by atoms with Gasteiger partial charge in [-0.05, 0) is 27.1 Å². The van der Waals surface area contributed by atoms with Crippen molar-refractivity contribution in [2.75, 3.05) is 52.8 Å². The van der Waals surface area contributed by atoms with Gasteiger partial charge >= 0.3 is 0 Å². The molecule has 0 spiro atoms. The van der Waals surface area contributed by atoms with Crippen molar-refractivity contribution >= 4 is 21.8 Å². The predicted octanol–water partition coefficient (Wildman–Crippen LogP) is 0.808. The van der Waals surface area contributed by atoms with E-state index in [4.69, 9.17) is 4.74 Å². The number of hydrogen-bond acceptors (Lipinski definition) is 3. The van der Waals surface area contributed by atoms with E-state index in [0.717, 1.165) is 19.5 Å². The molecule has 0 aliphatic heterocycles. The highest BCUT2D eigenvalue weighted by molar-refractivity contribution is 9.09. The summed E-state index contributed by atoms with van der Waals surface area (Å²) in [7, 11) is 5.72. The molecule has 0 aliphatic rings. The highest BCUT2D eigenvalue weighted by Gasteiger charge is 2.10. The Morgan fingerprint density at radius 3 is 2.40 bits per heavy atom. The molecule has 0 heterocycles.